The highest BCUT2D eigenvalue weighted by Crippen LogP contribution is 2.35. The highest BCUT2D eigenvalue weighted by molar-refractivity contribution is 5.87. The molecule has 3 aliphatic rings. The van der Waals surface area contributed by atoms with Crippen LogP contribution in [-0.4, -0.2) is 182 Å². The molecule has 2 aromatic rings. The fraction of sp³-hybridized carbons (Fsp3) is 0.571. The number of aliphatic hydroxyl groups is 8. The number of hydrogen-bond donors (Lipinski definition) is 11. The molecule has 5 rings (SSSR count). The van der Waals surface area contributed by atoms with E-state index >= 15 is 0 Å². The van der Waals surface area contributed by atoms with E-state index in [-0.39, 0.29) is 30.3 Å². The molecule has 11 N–H and O–H groups in total. The molecule has 306 valence electrons. The zero-order valence-corrected chi connectivity index (χ0v) is 29.3. The predicted molar refractivity (Wildman–Crippen MR) is 180 cm³/mol. The molecule has 0 spiro atoms. The minimum absolute atomic E-state index is 0.0984. The smallest absolute Gasteiger partial charge is 0.331 e. The molecule has 0 saturated carbocycles. The lowest BCUT2D eigenvalue weighted by atomic mass is 9.96. The second-order valence-electron chi connectivity index (χ2n) is 13.0. The number of ether oxygens (including phenoxy) is 8. The molecule has 3 aliphatic heterocycles. The molecule has 14 atom stereocenters. The molecule has 2 aromatic carbocycles. The van der Waals surface area contributed by atoms with Crippen LogP contribution in [0, 0.1) is 0 Å². The Morgan fingerprint density at radius 1 is 0.745 bits per heavy atom. The van der Waals surface area contributed by atoms with Gasteiger partial charge in [0.2, 0.25) is 0 Å². The molecule has 0 aromatic heterocycles. The van der Waals surface area contributed by atoms with Crippen LogP contribution in [0.1, 0.15) is 11.1 Å². The lowest BCUT2D eigenvalue weighted by Crippen LogP contribution is -2.67. The van der Waals surface area contributed by atoms with Crippen molar-refractivity contribution in [2.75, 3.05) is 33.5 Å². The number of rotatable bonds is 14. The molecule has 0 radical (unpaired) electrons. The number of benzene rings is 2. The average Bonchev–Trinajstić information content (AvgIpc) is 3.17. The molecule has 3 fully saturated rings. The molecule has 3 heterocycles. The number of phenolic OH excluding ortho intramolecular Hbond substituents is 3. The summed E-state index contributed by atoms with van der Waals surface area (Å²) in [5.74, 6) is -1.84. The molecular weight excluding hydrogens is 740 g/mol. The van der Waals surface area contributed by atoms with Crippen LogP contribution in [0.5, 0.6) is 23.0 Å². The topological polar surface area (TPSA) is 313 Å². The average molecular weight is 787 g/mol. The first kappa shape index (κ1) is 42.4. The van der Waals surface area contributed by atoms with Crippen molar-refractivity contribution in [2.45, 2.75) is 92.4 Å². The van der Waals surface area contributed by atoms with Gasteiger partial charge in [-0.2, -0.15) is 0 Å². The molecule has 20 nitrogen and oxygen atoms in total. The zero-order chi connectivity index (χ0) is 40.0. The molecule has 0 aliphatic carbocycles. The Morgan fingerprint density at radius 2 is 1.42 bits per heavy atom. The van der Waals surface area contributed by atoms with Crippen molar-refractivity contribution in [3.63, 3.8) is 0 Å². The number of carbonyl (C=O) groups is 1. The van der Waals surface area contributed by atoms with E-state index in [9.17, 15) is 61.0 Å². The van der Waals surface area contributed by atoms with Crippen molar-refractivity contribution >= 4 is 12.0 Å². The van der Waals surface area contributed by atoms with Gasteiger partial charge in [0, 0.05) is 6.08 Å². The maximum Gasteiger partial charge on any atom is 0.331 e. The predicted octanol–water partition coefficient (Wildman–Crippen LogP) is -3.28. The maximum absolute atomic E-state index is 13.3. The van der Waals surface area contributed by atoms with Gasteiger partial charge in [0.25, 0.3) is 0 Å². The molecule has 3 saturated heterocycles. The largest absolute Gasteiger partial charge is 0.504 e. The number of methoxy groups -OCH3 is 1. The lowest BCUT2D eigenvalue weighted by Gasteiger charge is -2.49. The van der Waals surface area contributed by atoms with E-state index in [0.29, 0.717) is 11.1 Å². The van der Waals surface area contributed by atoms with Gasteiger partial charge in [-0.25, -0.2) is 4.79 Å². The van der Waals surface area contributed by atoms with Gasteiger partial charge in [-0.15, -0.1) is 0 Å². The maximum atomic E-state index is 13.3. The second-order valence-corrected chi connectivity index (χ2v) is 13.0. The fourth-order valence-electron chi connectivity index (χ4n) is 6.14. The third-order valence-corrected chi connectivity index (χ3v) is 9.24. The number of aromatic hydroxyl groups is 3. The summed E-state index contributed by atoms with van der Waals surface area (Å²) in [4.78, 5) is 13.3. The summed E-state index contributed by atoms with van der Waals surface area (Å²) in [6, 6.07) is 8.27. The van der Waals surface area contributed by atoms with Crippen molar-refractivity contribution in [2.24, 2.45) is 0 Å². The second kappa shape index (κ2) is 19.0. The van der Waals surface area contributed by atoms with E-state index in [4.69, 9.17) is 37.9 Å². The van der Waals surface area contributed by atoms with E-state index in [1.54, 1.807) is 0 Å². The summed E-state index contributed by atoms with van der Waals surface area (Å²) in [6.07, 6.45) is -21.6. The van der Waals surface area contributed by atoms with Crippen LogP contribution >= 0.6 is 0 Å². The van der Waals surface area contributed by atoms with Gasteiger partial charge >= 0.3 is 5.97 Å². The molecule has 55 heavy (non-hydrogen) atoms. The van der Waals surface area contributed by atoms with Gasteiger partial charge in [0.05, 0.1) is 33.5 Å². The third kappa shape index (κ3) is 10.0. The number of phenols is 3. The monoisotopic (exact) mass is 786 g/mol. The van der Waals surface area contributed by atoms with E-state index < -0.39 is 118 Å². The molecule has 0 unspecified atom stereocenters. The van der Waals surface area contributed by atoms with Crippen molar-refractivity contribution < 1.29 is 98.9 Å². The van der Waals surface area contributed by atoms with Crippen molar-refractivity contribution in [3.8, 4) is 23.0 Å². The van der Waals surface area contributed by atoms with Gasteiger partial charge < -0.3 is 94.1 Å². The van der Waals surface area contributed by atoms with Gasteiger partial charge in [0.15, 0.2) is 48.0 Å². The van der Waals surface area contributed by atoms with Crippen LogP contribution in [0.4, 0.5) is 0 Å². The first-order valence-corrected chi connectivity index (χ1v) is 17.2. The Morgan fingerprint density at radius 3 is 2.11 bits per heavy atom. The molecule has 20 heteroatoms. The first-order chi connectivity index (χ1) is 26.3. The quantitative estimate of drug-likeness (QED) is 0.0508. The summed E-state index contributed by atoms with van der Waals surface area (Å²) in [7, 11) is 1.33. The van der Waals surface area contributed by atoms with Crippen molar-refractivity contribution in [1.82, 2.24) is 0 Å². The number of esters is 1. The van der Waals surface area contributed by atoms with Gasteiger partial charge in [-0.1, -0.05) is 12.1 Å². The van der Waals surface area contributed by atoms with Crippen LogP contribution in [-0.2, 0) is 44.4 Å². The van der Waals surface area contributed by atoms with Crippen LogP contribution in [0.25, 0.3) is 6.08 Å². The summed E-state index contributed by atoms with van der Waals surface area (Å²) >= 11 is 0. The third-order valence-electron chi connectivity index (χ3n) is 9.24. The van der Waals surface area contributed by atoms with Crippen LogP contribution in [0.15, 0.2) is 42.5 Å². The van der Waals surface area contributed by atoms with Gasteiger partial charge in [-0.05, 0) is 47.9 Å². The van der Waals surface area contributed by atoms with Gasteiger partial charge in [0.1, 0.15) is 61.0 Å². The number of hydrogen-bond acceptors (Lipinski definition) is 20. The number of carbonyl (C=O) groups excluding carboxylic acids is 1. The van der Waals surface area contributed by atoms with Crippen molar-refractivity contribution in [1.29, 1.82) is 0 Å². The molecule has 0 amide bonds. The SMILES string of the molecule is COc1cc(C=CC(=O)O[C@H]2[C@H](O[C@@H]3O[C@H](CO)[C@@H](O)[C@H](O)[C@H]3O)[C@@H](O[C@H]3OC[C@@H](O)[C@@H](O)[C@@H]3O)[C@H](OCCc3ccc(O)c(O)c3)O[C@@H]2CO)ccc1O. The fourth-order valence-corrected chi connectivity index (χ4v) is 6.14. The summed E-state index contributed by atoms with van der Waals surface area (Å²) in [5.41, 5.74) is 0.907. The van der Waals surface area contributed by atoms with Gasteiger partial charge in [-0.3, -0.25) is 0 Å². The van der Waals surface area contributed by atoms with Crippen LogP contribution < -0.4 is 4.74 Å². The van der Waals surface area contributed by atoms with Crippen LogP contribution in [0.3, 0.4) is 0 Å². The minimum atomic E-state index is -1.98. The summed E-state index contributed by atoms with van der Waals surface area (Å²) in [6.45, 7) is -2.38. The Balaban J connectivity index is 1.49. The number of aliphatic hydroxyl groups excluding tert-OH is 8. The first-order valence-electron chi connectivity index (χ1n) is 17.2. The Hall–Kier alpha value is -3.71. The summed E-state index contributed by atoms with van der Waals surface area (Å²) < 4.78 is 46.0. The molecule has 0 bridgehead atoms. The normalized spacial score (nSPS) is 35.4. The minimum Gasteiger partial charge on any atom is -0.504 e. The van der Waals surface area contributed by atoms with E-state index in [1.807, 2.05) is 0 Å². The van der Waals surface area contributed by atoms with E-state index in [2.05, 4.69) is 0 Å². The zero-order valence-electron chi connectivity index (χ0n) is 29.3. The van der Waals surface area contributed by atoms with Crippen LogP contribution in [0.2, 0.25) is 0 Å². The van der Waals surface area contributed by atoms with Crippen molar-refractivity contribution in [3.05, 3.63) is 53.6 Å². The van der Waals surface area contributed by atoms with E-state index in [1.165, 1.54) is 49.6 Å². The molecular formula is C35H46O20. The Labute approximate surface area is 313 Å². The lowest BCUT2D eigenvalue weighted by molar-refractivity contribution is -0.386. The highest BCUT2D eigenvalue weighted by Gasteiger charge is 2.55. The standard InChI is InChI=1S/C35H46O20/c1-48-21-11-15(3-6-18(21)39)4-7-24(42)53-30-23(13-37)52-35(49-9-8-16-2-5-17(38)19(40)10-16)32(55-33-28(46)25(43)20(41)14-50-33)31(30)54-34-29(47)27(45)26(44)22(12-36)51-34/h2-7,10-11,20,22-23,25-41,43-47H,8-9,12-14H2,1H3/t20-,22-,23-,25-,26-,27+,28+,29-,30-,31+,32-,33-,34+,35-/m1/s1. The highest BCUT2D eigenvalue weighted by atomic mass is 16.8. The Bertz CT molecular complexity index is 1590. The summed E-state index contributed by atoms with van der Waals surface area (Å²) in [5, 5.41) is 113. The Kier molecular flexibility index (Phi) is 14.6. The van der Waals surface area contributed by atoms with E-state index in [0.717, 1.165) is 6.08 Å².